The predicted octanol–water partition coefficient (Wildman–Crippen LogP) is 4.22. The molecule has 2 aliphatic rings. The molecule has 1 N–H and O–H groups in total. The molecule has 2 atom stereocenters. The molecule has 1 aromatic carbocycles. The first-order valence-corrected chi connectivity index (χ1v) is 8.36. The number of hydrogen-bond donors (Lipinski definition) is 1. The standard InChI is InChI=1S/C18H26FNO/c1-2-20-17(15-7-3-4-8-16(15)19)14-9-12-21-18(13-14)10-5-6-11-18/h3-4,7-8,14,17,20H,2,5-6,9-13H2,1H3. The fourth-order valence-corrected chi connectivity index (χ4v) is 4.20. The van der Waals surface area contributed by atoms with Gasteiger partial charge in [0.2, 0.25) is 0 Å². The molecule has 1 spiro atoms. The Bertz CT molecular complexity index is 470. The lowest BCUT2D eigenvalue weighted by atomic mass is 9.78. The zero-order valence-corrected chi connectivity index (χ0v) is 12.9. The second-order valence-corrected chi connectivity index (χ2v) is 6.55. The molecule has 1 aliphatic heterocycles. The zero-order chi connectivity index (χ0) is 14.7. The summed E-state index contributed by atoms with van der Waals surface area (Å²) in [7, 11) is 0. The van der Waals surface area contributed by atoms with Crippen LogP contribution in [0, 0.1) is 11.7 Å². The molecule has 1 aliphatic carbocycles. The molecule has 1 heterocycles. The van der Waals surface area contributed by atoms with Gasteiger partial charge in [-0.2, -0.15) is 0 Å². The van der Waals surface area contributed by atoms with Crippen molar-refractivity contribution < 1.29 is 9.13 Å². The Kier molecular flexibility index (Phi) is 4.60. The van der Waals surface area contributed by atoms with Crippen molar-refractivity contribution in [1.29, 1.82) is 0 Å². The van der Waals surface area contributed by atoms with Crippen LogP contribution in [0.15, 0.2) is 24.3 Å². The average Bonchev–Trinajstić information content (AvgIpc) is 2.93. The van der Waals surface area contributed by atoms with Crippen LogP contribution in [0.5, 0.6) is 0 Å². The minimum absolute atomic E-state index is 0.0852. The lowest BCUT2D eigenvalue weighted by molar-refractivity contribution is -0.0983. The van der Waals surface area contributed by atoms with Crippen LogP contribution in [-0.4, -0.2) is 18.8 Å². The van der Waals surface area contributed by atoms with E-state index >= 15 is 0 Å². The molecule has 21 heavy (non-hydrogen) atoms. The Labute approximate surface area is 127 Å². The molecule has 3 heteroatoms. The van der Waals surface area contributed by atoms with Crippen LogP contribution in [0.2, 0.25) is 0 Å². The lowest BCUT2D eigenvalue weighted by Gasteiger charge is -2.41. The summed E-state index contributed by atoms with van der Waals surface area (Å²) in [4.78, 5) is 0. The van der Waals surface area contributed by atoms with Crippen molar-refractivity contribution in [3.8, 4) is 0 Å². The van der Waals surface area contributed by atoms with Crippen molar-refractivity contribution >= 4 is 0 Å². The maximum atomic E-state index is 14.2. The molecule has 2 unspecified atom stereocenters. The molecule has 1 saturated carbocycles. The summed E-state index contributed by atoms with van der Waals surface area (Å²) in [5, 5.41) is 3.52. The highest BCUT2D eigenvalue weighted by molar-refractivity contribution is 5.22. The van der Waals surface area contributed by atoms with Crippen molar-refractivity contribution in [2.24, 2.45) is 5.92 Å². The summed E-state index contributed by atoms with van der Waals surface area (Å²) in [6.07, 6.45) is 7.00. The quantitative estimate of drug-likeness (QED) is 0.897. The Balaban J connectivity index is 1.82. The highest BCUT2D eigenvalue weighted by Gasteiger charge is 2.42. The van der Waals surface area contributed by atoms with Crippen LogP contribution in [0.3, 0.4) is 0 Å². The summed E-state index contributed by atoms with van der Waals surface area (Å²) < 4.78 is 20.3. The van der Waals surface area contributed by atoms with Crippen LogP contribution in [-0.2, 0) is 4.74 Å². The van der Waals surface area contributed by atoms with Gasteiger partial charge in [0.1, 0.15) is 5.82 Å². The summed E-state index contributed by atoms with van der Waals surface area (Å²) in [5.74, 6) is 0.379. The van der Waals surface area contributed by atoms with E-state index in [-0.39, 0.29) is 17.5 Å². The van der Waals surface area contributed by atoms with Gasteiger partial charge < -0.3 is 10.1 Å². The van der Waals surface area contributed by atoms with Gasteiger partial charge >= 0.3 is 0 Å². The van der Waals surface area contributed by atoms with Gasteiger partial charge in [-0.1, -0.05) is 38.0 Å². The molecule has 0 aromatic heterocycles. The monoisotopic (exact) mass is 291 g/mol. The van der Waals surface area contributed by atoms with E-state index in [1.165, 1.54) is 25.7 Å². The molecule has 1 aromatic rings. The van der Waals surface area contributed by atoms with Gasteiger partial charge in [-0.05, 0) is 44.2 Å². The first-order valence-electron chi connectivity index (χ1n) is 8.36. The molecule has 0 radical (unpaired) electrons. The summed E-state index contributed by atoms with van der Waals surface area (Å²) in [6, 6.07) is 7.32. The molecule has 0 amide bonds. The van der Waals surface area contributed by atoms with Crippen LogP contribution >= 0.6 is 0 Å². The van der Waals surface area contributed by atoms with E-state index in [1.807, 2.05) is 12.1 Å². The summed E-state index contributed by atoms with van der Waals surface area (Å²) in [6.45, 7) is 3.78. The van der Waals surface area contributed by atoms with Gasteiger partial charge in [0, 0.05) is 18.2 Å². The van der Waals surface area contributed by atoms with Crippen molar-refractivity contribution in [3.63, 3.8) is 0 Å². The third-order valence-electron chi connectivity index (χ3n) is 5.18. The molecular formula is C18H26FNO. The number of benzene rings is 1. The van der Waals surface area contributed by atoms with E-state index in [0.29, 0.717) is 5.92 Å². The topological polar surface area (TPSA) is 21.3 Å². The minimum Gasteiger partial charge on any atom is -0.375 e. The minimum atomic E-state index is -0.0876. The van der Waals surface area contributed by atoms with Crippen LogP contribution < -0.4 is 5.32 Å². The fraction of sp³-hybridized carbons (Fsp3) is 0.667. The molecular weight excluding hydrogens is 265 g/mol. The summed E-state index contributed by atoms with van der Waals surface area (Å²) >= 11 is 0. The molecule has 2 nitrogen and oxygen atoms in total. The van der Waals surface area contributed by atoms with E-state index in [4.69, 9.17) is 4.74 Å². The summed E-state index contributed by atoms with van der Waals surface area (Å²) in [5.41, 5.74) is 0.904. The van der Waals surface area contributed by atoms with Crippen molar-refractivity contribution in [2.75, 3.05) is 13.2 Å². The van der Waals surface area contributed by atoms with Gasteiger partial charge in [-0.25, -0.2) is 4.39 Å². The Morgan fingerprint density at radius 3 is 2.81 bits per heavy atom. The smallest absolute Gasteiger partial charge is 0.127 e. The number of hydrogen-bond acceptors (Lipinski definition) is 2. The lowest BCUT2D eigenvalue weighted by Crippen LogP contribution is -2.42. The first kappa shape index (κ1) is 15.0. The second kappa shape index (κ2) is 6.45. The van der Waals surface area contributed by atoms with Gasteiger partial charge in [-0.3, -0.25) is 0 Å². The normalized spacial score (nSPS) is 26.1. The maximum absolute atomic E-state index is 14.2. The van der Waals surface area contributed by atoms with E-state index in [9.17, 15) is 4.39 Å². The fourth-order valence-electron chi connectivity index (χ4n) is 4.20. The Morgan fingerprint density at radius 1 is 1.33 bits per heavy atom. The predicted molar refractivity (Wildman–Crippen MR) is 82.7 cm³/mol. The SMILES string of the molecule is CCNC(c1ccccc1F)C1CCOC2(CCCC2)C1. The van der Waals surface area contributed by atoms with Crippen molar-refractivity contribution in [2.45, 2.75) is 57.1 Å². The second-order valence-electron chi connectivity index (χ2n) is 6.55. The van der Waals surface area contributed by atoms with E-state index in [0.717, 1.165) is 31.6 Å². The zero-order valence-electron chi connectivity index (χ0n) is 12.9. The number of halogens is 1. The van der Waals surface area contributed by atoms with Gasteiger partial charge in [0.05, 0.1) is 5.60 Å². The average molecular weight is 291 g/mol. The first-order chi connectivity index (χ1) is 10.2. The third-order valence-corrected chi connectivity index (χ3v) is 5.18. The Hall–Kier alpha value is -0.930. The van der Waals surface area contributed by atoms with Crippen LogP contribution in [0.4, 0.5) is 4.39 Å². The maximum Gasteiger partial charge on any atom is 0.127 e. The van der Waals surface area contributed by atoms with Crippen molar-refractivity contribution in [1.82, 2.24) is 5.32 Å². The Morgan fingerprint density at radius 2 is 2.10 bits per heavy atom. The van der Waals surface area contributed by atoms with E-state index in [2.05, 4.69) is 12.2 Å². The van der Waals surface area contributed by atoms with E-state index in [1.54, 1.807) is 12.1 Å². The number of nitrogens with one attached hydrogen (secondary N) is 1. The van der Waals surface area contributed by atoms with Crippen LogP contribution in [0.25, 0.3) is 0 Å². The largest absolute Gasteiger partial charge is 0.375 e. The van der Waals surface area contributed by atoms with Gasteiger partial charge in [-0.15, -0.1) is 0 Å². The molecule has 3 rings (SSSR count). The highest BCUT2D eigenvalue weighted by atomic mass is 19.1. The van der Waals surface area contributed by atoms with Gasteiger partial charge in [0.15, 0.2) is 0 Å². The van der Waals surface area contributed by atoms with E-state index < -0.39 is 0 Å². The van der Waals surface area contributed by atoms with Crippen molar-refractivity contribution in [3.05, 3.63) is 35.6 Å². The molecule has 0 bridgehead atoms. The third kappa shape index (κ3) is 3.14. The number of rotatable bonds is 4. The number of ether oxygens (including phenoxy) is 1. The molecule has 1 saturated heterocycles. The highest BCUT2D eigenvalue weighted by Crippen LogP contribution is 2.45. The molecule has 2 fully saturated rings. The molecule has 116 valence electrons. The van der Waals surface area contributed by atoms with Crippen LogP contribution in [0.1, 0.15) is 57.1 Å². The van der Waals surface area contributed by atoms with Gasteiger partial charge in [0.25, 0.3) is 0 Å².